The van der Waals surface area contributed by atoms with Crippen molar-refractivity contribution < 1.29 is 22.5 Å². The van der Waals surface area contributed by atoms with Crippen molar-refractivity contribution >= 4 is 5.91 Å². The van der Waals surface area contributed by atoms with Gasteiger partial charge in [-0.15, -0.1) is 0 Å². The molecule has 150 valence electrons. The average molecular weight is 401 g/mol. The molecule has 0 radical (unpaired) electrons. The second-order valence-electron chi connectivity index (χ2n) is 6.95. The maximum atomic E-state index is 12.9. The van der Waals surface area contributed by atoms with Crippen molar-refractivity contribution in [3.8, 4) is 11.4 Å². The van der Waals surface area contributed by atoms with E-state index in [4.69, 9.17) is 4.52 Å². The standard InChI is InChI=1S/C21H18F3N3O2/c22-21(23,24)16-10-8-15(9-11-16)19-25-18(29-26-19)13-27-12-4-7-17(20(27)28)14-5-2-1-3-6-14/h1-3,5-6,8-11,17H,4,7,12-13H2. The van der Waals surface area contributed by atoms with Gasteiger partial charge in [0.05, 0.1) is 11.5 Å². The molecule has 1 saturated heterocycles. The second kappa shape index (κ2) is 7.69. The summed E-state index contributed by atoms with van der Waals surface area (Å²) in [4.78, 5) is 18.8. The lowest BCUT2D eigenvalue weighted by molar-refractivity contribution is -0.137. The molecule has 29 heavy (non-hydrogen) atoms. The minimum atomic E-state index is -4.40. The highest BCUT2D eigenvalue weighted by Gasteiger charge is 2.31. The molecule has 1 unspecified atom stereocenters. The monoisotopic (exact) mass is 401 g/mol. The smallest absolute Gasteiger partial charge is 0.337 e. The van der Waals surface area contributed by atoms with Crippen LogP contribution in [-0.2, 0) is 17.5 Å². The van der Waals surface area contributed by atoms with E-state index in [0.29, 0.717) is 12.1 Å². The van der Waals surface area contributed by atoms with Crippen molar-refractivity contribution in [2.75, 3.05) is 6.54 Å². The third kappa shape index (κ3) is 4.16. The van der Waals surface area contributed by atoms with Gasteiger partial charge in [0.2, 0.25) is 17.6 Å². The molecular formula is C21H18F3N3O2. The molecule has 2 aromatic carbocycles. The minimum Gasteiger partial charge on any atom is -0.337 e. The van der Waals surface area contributed by atoms with Gasteiger partial charge in [-0.3, -0.25) is 4.79 Å². The van der Waals surface area contributed by atoms with Gasteiger partial charge in [0, 0.05) is 12.1 Å². The highest BCUT2D eigenvalue weighted by atomic mass is 19.4. The molecule has 1 aliphatic rings. The van der Waals surface area contributed by atoms with E-state index in [2.05, 4.69) is 10.1 Å². The van der Waals surface area contributed by atoms with E-state index in [0.717, 1.165) is 30.5 Å². The average Bonchev–Trinajstić information content (AvgIpc) is 3.18. The van der Waals surface area contributed by atoms with Crippen LogP contribution in [0.15, 0.2) is 59.1 Å². The molecule has 0 aliphatic carbocycles. The molecule has 0 spiro atoms. The van der Waals surface area contributed by atoms with Crippen LogP contribution in [0.4, 0.5) is 13.2 Å². The van der Waals surface area contributed by atoms with Gasteiger partial charge in [-0.2, -0.15) is 18.2 Å². The van der Waals surface area contributed by atoms with Crippen LogP contribution in [0.25, 0.3) is 11.4 Å². The summed E-state index contributed by atoms with van der Waals surface area (Å²) in [6.45, 7) is 0.774. The number of carbonyl (C=O) groups is 1. The molecule has 1 amide bonds. The van der Waals surface area contributed by atoms with Crippen LogP contribution in [0.3, 0.4) is 0 Å². The number of likely N-dealkylation sites (tertiary alicyclic amines) is 1. The maximum Gasteiger partial charge on any atom is 0.416 e. The zero-order valence-corrected chi connectivity index (χ0v) is 15.4. The molecule has 2 heterocycles. The molecule has 1 aliphatic heterocycles. The van der Waals surface area contributed by atoms with Crippen LogP contribution in [0, 0.1) is 0 Å². The van der Waals surface area contributed by atoms with Crippen LogP contribution in [0.1, 0.15) is 35.8 Å². The van der Waals surface area contributed by atoms with E-state index in [1.54, 1.807) is 4.90 Å². The van der Waals surface area contributed by atoms with E-state index in [1.165, 1.54) is 12.1 Å². The number of carbonyl (C=O) groups excluding carboxylic acids is 1. The Hall–Kier alpha value is -3.16. The molecule has 5 nitrogen and oxygen atoms in total. The van der Waals surface area contributed by atoms with Crippen LogP contribution in [0.5, 0.6) is 0 Å². The SMILES string of the molecule is O=C1C(c2ccccc2)CCCN1Cc1nc(-c2ccc(C(F)(F)F)cc2)no1. The highest BCUT2D eigenvalue weighted by Crippen LogP contribution is 2.31. The Balaban J connectivity index is 1.47. The quantitative estimate of drug-likeness (QED) is 0.638. The van der Waals surface area contributed by atoms with Gasteiger partial charge in [0.25, 0.3) is 0 Å². The van der Waals surface area contributed by atoms with Crippen LogP contribution >= 0.6 is 0 Å². The van der Waals surface area contributed by atoms with Crippen molar-refractivity contribution in [3.63, 3.8) is 0 Å². The lowest BCUT2D eigenvalue weighted by atomic mass is 9.90. The fourth-order valence-corrected chi connectivity index (χ4v) is 3.50. The molecule has 1 atom stereocenters. The summed E-state index contributed by atoms with van der Waals surface area (Å²) < 4.78 is 43.3. The Morgan fingerprint density at radius 2 is 1.79 bits per heavy atom. The summed E-state index contributed by atoms with van der Waals surface area (Å²) in [6, 6.07) is 14.2. The highest BCUT2D eigenvalue weighted by molar-refractivity contribution is 5.84. The summed E-state index contributed by atoms with van der Waals surface area (Å²) in [5.41, 5.74) is 0.661. The first kappa shape index (κ1) is 19.2. The third-order valence-electron chi connectivity index (χ3n) is 5.00. The molecule has 1 aromatic heterocycles. The summed E-state index contributed by atoms with van der Waals surface area (Å²) in [6.07, 6.45) is -2.74. The summed E-state index contributed by atoms with van der Waals surface area (Å²) in [5.74, 6) is 0.263. The van der Waals surface area contributed by atoms with Gasteiger partial charge in [-0.25, -0.2) is 0 Å². The Bertz CT molecular complexity index is 984. The predicted octanol–water partition coefficient (Wildman–Crippen LogP) is 4.66. The second-order valence-corrected chi connectivity index (χ2v) is 6.95. The molecule has 0 bridgehead atoms. The largest absolute Gasteiger partial charge is 0.416 e. The van der Waals surface area contributed by atoms with Gasteiger partial charge in [-0.05, 0) is 30.5 Å². The minimum absolute atomic E-state index is 0.0109. The number of hydrogen-bond donors (Lipinski definition) is 0. The van der Waals surface area contributed by atoms with Gasteiger partial charge in [0.15, 0.2) is 0 Å². The van der Waals surface area contributed by atoms with Gasteiger partial charge >= 0.3 is 6.18 Å². The Kier molecular flexibility index (Phi) is 5.08. The molecular weight excluding hydrogens is 383 g/mol. The summed E-state index contributed by atoms with van der Waals surface area (Å²) >= 11 is 0. The first-order valence-electron chi connectivity index (χ1n) is 9.26. The number of piperidine rings is 1. The molecule has 3 aromatic rings. The fraction of sp³-hybridized carbons (Fsp3) is 0.286. The van der Waals surface area contributed by atoms with E-state index < -0.39 is 11.7 Å². The fourth-order valence-electron chi connectivity index (χ4n) is 3.50. The van der Waals surface area contributed by atoms with Crippen molar-refractivity contribution in [3.05, 3.63) is 71.6 Å². The Morgan fingerprint density at radius 1 is 1.07 bits per heavy atom. The zero-order chi connectivity index (χ0) is 20.4. The number of rotatable bonds is 4. The van der Waals surface area contributed by atoms with E-state index >= 15 is 0 Å². The normalized spacial score (nSPS) is 17.6. The number of aromatic nitrogens is 2. The molecule has 1 fully saturated rings. The molecule has 4 rings (SSSR count). The van der Waals surface area contributed by atoms with Gasteiger partial charge in [0.1, 0.15) is 6.54 Å². The predicted molar refractivity (Wildman–Crippen MR) is 98.6 cm³/mol. The Labute approximate surface area is 165 Å². The first-order chi connectivity index (χ1) is 13.9. The lowest BCUT2D eigenvalue weighted by Gasteiger charge is -2.31. The molecule has 8 heteroatoms. The van der Waals surface area contributed by atoms with Crippen molar-refractivity contribution in [1.29, 1.82) is 0 Å². The van der Waals surface area contributed by atoms with E-state index in [9.17, 15) is 18.0 Å². The Morgan fingerprint density at radius 3 is 2.48 bits per heavy atom. The summed E-state index contributed by atoms with van der Waals surface area (Å²) in [7, 11) is 0. The maximum absolute atomic E-state index is 12.9. The van der Waals surface area contributed by atoms with Crippen LogP contribution in [0.2, 0.25) is 0 Å². The van der Waals surface area contributed by atoms with Crippen LogP contribution < -0.4 is 0 Å². The van der Waals surface area contributed by atoms with Crippen LogP contribution in [-0.4, -0.2) is 27.5 Å². The number of amides is 1. The zero-order valence-electron chi connectivity index (χ0n) is 15.4. The topological polar surface area (TPSA) is 59.2 Å². The van der Waals surface area contributed by atoms with Gasteiger partial charge < -0.3 is 9.42 Å². The number of benzene rings is 2. The molecule has 0 saturated carbocycles. The number of alkyl halides is 3. The summed E-state index contributed by atoms with van der Waals surface area (Å²) in [5, 5.41) is 3.84. The lowest BCUT2D eigenvalue weighted by Crippen LogP contribution is -2.39. The van der Waals surface area contributed by atoms with E-state index in [-0.39, 0.29) is 30.1 Å². The van der Waals surface area contributed by atoms with Crippen molar-refractivity contribution in [2.24, 2.45) is 0 Å². The van der Waals surface area contributed by atoms with Crippen molar-refractivity contribution in [2.45, 2.75) is 31.5 Å². The van der Waals surface area contributed by atoms with Gasteiger partial charge in [-0.1, -0.05) is 47.6 Å². The number of nitrogens with zero attached hydrogens (tertiary/aromatic N) is 3. The third-order valence-corrected chi connectivity index (χ3v) is 5.00. The first-order valence-corrected chi connectivity index (χ1v) is 9.26. The molecule has 0 N–H and O–H groups in total. The number of hydrogen-bond acceptors (Lipinski definition) is 4. The van der Waals surface area contributed by atoms with Crippen molar-refractivity contribution in [1.82, 2.24) is 15.0 Å². The van der Waals surface area contributed by atoms with E-state index in [1.807, 2.05) is 30.3 Å². The number of halogens is 3.